The highest BCUT2D eigenvalue weighted by Gasteiger charge is 2.20. The fraction of sp³-hybridized carbons (Fsp3) is 0.538. The van der Waals surface area contributed by atoms with Gasteiger partial charge in [-0.05, 0) is 18.9 Å². The lowest BCUT2D eigenvalue weighted by Crippen LogP contribution is -2.17. The van der Waals surface area contributed by atoms with E-state index in [9.17, 15) is 0 Å². The van der Waals surface area contributed by atoms with Crippen LogP contribution in [-0.2, 0) is 17.7 Å². The molecule has 1 aliphatic heterocycles. The van der Waals surface area contributed by atoms with Gasteiger partial charge >= 0.3 is 0 Å². The third kappa shape index (κ3) is 2.71. The van der Waals surface area contributed by atoms with Crippen LogP contribution in [0.1, 0.15) is 18.7 Å². The SMILES string of the molecule is ClCCc1nc2cc(Cl)cnc2n1CC1CCCO1. The number of halogens is 2. The number of alkyl halides is 1. The van der Waals surface area contributed by atoms with Gasteiger partial charge in [-0.2, -0.15) is 0 Å². The van der Waals surface area contributed by atoms with Gasteiger partial charge in [-0.1, -0.05) is 11.6 Å². The summed E-state index contributed by atoms with van der Waals surface area (Å²) in [5.74, 6) is 1.50. The normalized spacial score (nSPS) is 19.4. The molecule has 0 aromatic carbocycles. The van der Waals surface area contributed by atoms with Crippen molar-refractivity contribution < 1.29 is 4.74 Å². The number of imidazole rings is 1. The van der Waals surface area contributed by atoms with E-state index < -0.39 is 0 Å². The molecule has 6 heteroatoms. The number of rotatable bonds is 4. The fourth-order valence-corrected chi connectivity index (χ4v) is 2.81. The van der Waals surface area contributed by atoms with Crippen molar-refractivity contribution in [1.82, 2.24) is 14.5 Å². The molecule has 1 saturated heterocycles. The second-order valence-corrected chi connectivity index (χ2v) is 5.52. The third-order valence-corrected chi connectivity index (χ3v) is 3.75. The number of hydrogen-bond acceptors (Lipinski definition) is 3. The van der Waals surface area contributed by atoms with E-state index in [1.807, 2.05) is 6.07 Å². The second kappa shape index (κ2) is 5.65. The Labute approximate surface area is 121 Å². The molecule has 3 rings (SSSR count). The number of hydrogen-bond donors (Lipinski definition) is 0. The Balaban J connectivity index is 2.00. The first kappa shape index (κ1) is 13.2. The zero-order valence-corrected chi connectivity index (χ0v) is 12.0. The van der Waals surface area contributed by atoms with Gasteiger partial charge in [0, 0.05) is 25.1 Å². The van der Waals surface area contributed by atoms with Crippen molar-refractivity contribution in [3.05, 3.63) is 23.1 Å². The van der Waals surface area contributed by atoms with Crippen molar-refractivity contribution in [2.75, 3.05) is 12.5 Å². The van der Waals surface area contributed by atoms with Crippen LogP contribution >= 0.6 is 23.2 Å². The molecule has 0 aliphatic carbocycles. The van der Waals surface area contributed by atoms with Gasteiger partial charge in [0.2, 0.25) is 0 Å². The predicted octanol–water partition coefficient (Wildman–Crippen LogP) is 3.05. The van der Waals surface area contributed by atoms with E-state index in [1.165, 1.54) is 0 Å². The highest BCUT2D eigenvalue weighted by atomic mass is 35.5. The van der Waals surface area contributed by atoms with Gasteiger partial charge in [0.05, 0.1) is 17.7 Å². The lowest BCUT2D eigenvalue weighted by molar-refractivity contribution is 0.0971. The fourth-order valence-electron chi connectivity index (χ4n) is 2.49. The van der Waals surface area contributed by atoms with Gasteiger partial charge in [0.25, 0.3) is 0 Å². The Morgan fingerprint density at radius 3 is 3.11 bits per heavy atom. The van der Waals surface area contributed by atoms with Crippen LogP contribution in [0.15, 0.2) is 12.3 Å². The molecular formula is C13H15Cl2N3O. The minimum absolute atomic E-state index is 0.254. The molecule has 1 unspecified atom stereocenters. The monoisotopic (exact) mass is 299 g/mol. The topological polar surface area (TPSA) is 39.9 Å². The first-order valence-corrected chi connectivity index (χ1v) is 7.37. The zero-order valence-electron chi connectivity index (χ0n) is 10.5. The predicted molar refractivity (Wildman–Crippen MR) is 75.9 cm³/mol. The Kier molecular flexibility index (Phi) is 3.91. The molecule has 2 aromatic heterocycles. The van der Waals surface area contributed by atoms with Gasteiger partial charge in [-0.3, -0.25) is 0 Å². The molecule has 2 aromatic rings. The van der Waals surface area contributed by atoms with Gasteiger partial charge in [-0.15, -0.1) is 11.6 Å². The number of ether oxygens (including phenoxy) is 1. The van der Waals surface area contributed by atoms with E-state index >= 15 is 0 Å². The standard InChI is InChI=1S/C13H15Cl2N3O/c14-4-3-12-17-11-6-9(15)7-16-13(11)18(12)8-10-2-1-5-19-10/h6-7,10H,1-5,8H2. The molecule has 0 N–H and O–H groups in total. The number of aromatic nitrogens is 3. The van der Waals surface area contributed by atoms with Crippen LogP contribution in [0.2, 0.25) is 5.02 Å². The average molecular weight is 300 g/mol. The number of nitrogens with zero attached hydrogens (tertiary/aromatic N) is 3. The van der Waals surface area contributed by atoms with Crippen LogP contribution in [0, 0.1) is 0 Å². The summed E-state index contributed by atoms with van der Waals surface area (Å²) < 4.78 is 7.81. The summed E-state index contributed by atoms with van der Waals surface area (Å²) in [6, 6.07) is 1.84. The summed E-state index contributed by atoms with van der Waals surface area (Å²) in [4.78, 5) is 8.98. The average Bonchev–Trinajstić information content (AvgIpc) is 2.99. The van der Waals surface area contributed by atoms with E-state index in [4.69, 9.17) is 27.9 Å². The lowest BCUT2D eigenvalue weighted by atomic mass is 10.2. The van der Waals surface area contributed by atoms with Gasteiger partial charge in [-0.25, -0.2) is 9.97 Å². The Morgan fingerprint density at radius 1 is 1.47 bits per heavy atom. The first-order chi connectivity index (χ1) is 9.28. The number of fused-ring (bicyclic) bond motifs is 1. The van der Waals surface area contributed by atoms with Crippen molar-refractivity contribution in [3.63, 3.8) is 0 Å². The molecule has 102 valence electrons. The van der Waals surface area contributed by atoms with Crippen LogP contribution in [0.4, 0.5) is 0 Å². The van der Waals surface area contributed by atoms with Gasteiger partial charge < -0.3 is 9.30 Å². The van der Waals surface area contributed by atoms with E-state index in [-0.39, 0.29) is 6.10 Å². The highest BCUT2D eigenvalue weighted by Crippen LogP contribution is 2.22. The largest absolute Gasteiger partial charge is 0.376 e. The molecule has 0 saturated carbocycles. The molecule has 0 radical (unpaired) electrons. The molecule has 1 fully saturated rings. The van der Waals surface area contributed by atoms with E-state index in [0.29, 0.717) is 10.9 Å². The maximum Gasteiger partial charge on any atom is 0.160 e. The van der Waals surface area contributed by atoms with Crippen LogP contribution in [0.3, 0.4) is 0 Å². The third-order valence-electron chi connectivity index (χ3n) is 3.36. The second-order valence-electron chi connectivity index (χ2n) is 4.71. The van der Waals surface area contributed by atoms with Crippen molar-refractivity contribution in [2.45, 2.75) is 31.9 Å². The van der Waals surface area contributed by atoms with Crippen molar-refractivity contribution in [2.24, 2.45) is 0 Å². The van der Waals surface area contributed by atoms with E-state index in [0.717, 1.165) is 49.4 Å². The summed E-state index contributed by atoms with van der Waals surface area (Å²) >= 11 is 11.8. The summed E-state index contributed by atoms with van der Waals surface area (Å²) in [7, 11) is 0. The number of aryl methyl sites for hydroxylation is 1. The highest BCUT2D eigenvalue weighted by molar-refractivity contribution is 6.31. The van der Waals surface area contributed by atoms with Crippen molar-refractivity contribution in [1.29, 1.82) is 0 Å². The Bertz CT molecular complexity index is 579. The number of pyridine rings is 1. The molecule has 1 aliphatic rings. The summed E-state index contributed by atoms with van der Waals surface area (Å²) in [6.07, 6.45) is 4.85. The molecule has 1 atom stereocenters. The van der Waals surface area contributed by atoms with Crippen LogP contribution in [0.25, 0.3) is 11.2 Å². The quantitative estimate of drug-likeness (QED) is 0.815. The maximum absolute atomic E-state index is 5.97. The molecule has 0 spiro atoms. The minimum atomic E-state index is 0.254. The Hall–Kier alpha value is -0.840. The van der Waals surface area contributed by atoms with Crippen molar-refractivity contribution >= 4 is 34.4 Å². The molecule has 19 heavy (non-hydrogen) atoms. The summed E-state index contributed by atoms with van der Waals surface area (Å²) in [5, 5.41) is 0.603. The lowest BCUT2D eigenvalue weighted by Gasteiger charge is -2.13. The molecule has 0 amide bonds. The molecule has 3 heterocycles. The van der Waals surface area contributed by atoms with Crippen LogP contribution in [0.5, 0.6) is 0 Å². The van der Waals surface area contributed by atoms with Gasteiger partial charge in [0.1, 0.15) is 11.3 Å². The molecule has 4 nitrogen and oxygen atoms in total. The minimum Gasteiger partial charge on any atom is -0.376 e. The Morgan fingerprint density at radius 2 is 2.37 bits per heavy atom. The smallest absolute Gasteiger partial charge is 0.160 e. The van der Waals surface area contributed by atoms with Crippen LogP contribution in [-0.4, -0.2) is 33.1 Å². The maximum atomic E-state index is 5.97. The van der Waals surface area contributed by atoms with E-state index in [1.54, 1.807) is 6.20 Å². The van der Waals surface area contributed by atoms with E-state index in [2.05, 4.69) is 14.5 Å². The summed E-state index contributed by atoms with van der Waals surface area (Å²) in [5.41, 5.74) is 1.69. The van der Waals surface area contributed by atoms with Crippen LogP contribution < -0.4 is 0 Å². The molecule has 0 bridgehead atoms. The molecular weight excluding hydrogens is 285 g/mol. The zero-order chi connectivity index (χ0) is 13.2. The summed E-state index contributed by atoms with van der Waals surface area (Å²) in [6.45, 7) is 1.64. The van der Waals surface area contributed by atoms with Gasteiger partial charge in [0.15, 0.2) is 5.65 Å². The van der Waals surface area contributed by atoms with Crippen molar-refractivity contribution in [3.8, 4) is 0 Å². The first-order valence-electron chi connectivity index (χ1n) is 6.46.